The molecule has 3 N–H and O–H groups in total. The molecule has 0 aromatic rings. The quantitative estimate of drug-likeness (QED) is 0.370. The van der Waals surface area contributed by atoms with E-state index in [1.165, 1.54) is 0 Å². The molecule has 1 atom stereocenters. The van der Waals surface area contributed by atoms with Crippen LogP contribution in [0.3, 0.4) is 0 Å². The van der Waals surface area contributed by atoms with E-state index in [4.69, 9.17) is 10.8 Å². The number of carboxylic acids is 1. The van der Waals surface area contributed by atoms with Crippen molar-refractivity contribution >= 4 is 23.7 Å². The van der Waals surface area contributed by atoms with E-state index >= 15 is 0 Å². The second-order valence-corrected chi connectivity index (χ2v) is 4.27. The molecular weight excluding hydrogens is 242 g/mol. The van der Waals surface area contributed by atoms with Crippen LogP contribution in [0.15, 0.2) is 0 Å². The van der Waals surface area contributed by atoms with Crippen molar-refractivity contribution in [1.29, 1.82) is 0 Å². The normalized spacial score (nSPS) is 12.0. The first kappa shape index (κ1) is 16.2. The number of Topliss-reactive ketones (excluding diaryl/α,β-unsaturated/α-hetero) is 1. The van der Waals surface area contributed by atoms with Crippen LogP contribution in [0.4, 0.5) is 0 Å². The second kappa shape index (κ2) is 7.54. The van der Waals surface area contributed by atoms with Crippen molar-refractivity contribution in [3.05, 3.63) is 0 Å². The van der Waals surface area contributed by atoms with Gasteiger partial charge in [0.15, 0.2) is 0 Å². The van der Waals surface area contributed by atoms with Crippen LogP contribution >= 0.6 is 0 Å². The predicted octanol–water partition coefficient (Wildman–Crippen LogP) is -0.136. The molecule has 0 saturated carbocycles. The third kappa shape index (κ3) is 6.74. The number of aliphatic carboxylic acids is 1. The van der Waals surface area contributed by atoms with Gasteiger partial charge in [0, 0.05) is 12.8 Å². The molecule has 0 saturated heterocycles. The topological polar surface area (TPSA) is 124 Å². The van der Waals surface area contributed by atoms with Crippen molar-refractivity contribution in [3.63, 3.8) is 0 Å². The third-order valence-electron chi connectivity index (χ3n) is 2.00. The number of ether oxygens (including phenoxy) is 1. The number of rotatable bonds is 7. The first-order valence-electron chi connectivity index (χ1n) is 5.50. The molecule has 0 aromatic carbocycles. The zero-order valence-corrected chi connectivity index (χ0v) is 10.3. The average Bonchev–Trinajstić information content (AvgIpc) is 2.24. The van der Waals surface area contributed by atoms with Gasteiger partial charge < -0.3 is 15.6 Å². The van der Waals surface area contributed by atoms with Crippen molar-refractivity contribution in [2.75, 3.05) is 0 Å². The van der Waals surface area contributed by atoms with Crippen molar-refractivity contribution < 1.29 is 29.0 Å². The maximum absolute atomic E-state index is 11.2. The molecule has 102 valence electrons. The van der Waals surface area contributed by atoms with Gasteiger partial charge in [0.25, 0.3) is 0 Å². The number of carbonyl (C=O) groups excluding carboxylic acids is 3. The van der Waals surface area contributed by atoms with Gasteiger partial charge in [0.2, 0.25) is 5.78 Å². The number of carbonyl (C=O) groups is 4. The molecule has 0 bridgehead atoms. The van der Waals surface area contributed by atoms with Crippen LogP contribution in [0.25, 0.3) is 0 Å². The molecule has 0 unspecified atom stereocenters. The SMILES string of the molecule is CC(C)CC(=O)C(=O)OC(=O)CC[C@H](N)C(=O)O. The molecule has 7 heteroatoms. The molecule has 0 aromatic heterocycles. The third-order valence-corrected chi connectivity index (χ3v) is 2.00. The van der Waals surface area contributed by atoms with Crippen LogP contribution < -0.4 is 5.73 Å². The molecule has 0 fully saturated rings. The van der Waals surface area contributed by atoms with Crippen LogP contribution in [0.5, 0.6) is 0 Å². The van der Waals surface area contributed by atoms with E-state index in [9.17, 15) is 19.2 Å². The Balaban J connectivity index is 4.05. The maximum Gasteiger partial charge on any atom is 0.382 e. The van der Waals surface area contributed by atoms with Gasteiger partial charge in [-0.3, -0.25) is 14.4 Å². The largest absolute Gasteiger partial charge is 0.480 e. The molecule has 7 nitrogen and oxygen atoms in total. The fourth-order valence-electron chi connectivity index (χ4n) is 1.06. The summed E-state index contributed by atoms with van der Waals surface area (Å²) in [5.41, 5.74) is 5.16. The molecule has 0 radical (unpaired) electrons. The molecule has 0 aliphatic carbocycles. The highest BCUT2D eigenvalue weighted by Crippen LogP contribution is 2.03. The van der Waals surface area contributed by atoms with Gasteiger partial charge in [0.05, 0.1) is 0 Å². The summed E-state index contributed by atoms with van der Waals surface area (Å²) in [5.74, 6) is -4.20. The van der Waals surface area contributed by atoms with Gasteiger partial charge >= 0.3 is 17.9 Å². The van der Waals surface area contributed by atoms with E-state index in [2.05, 4.69) is 4.74 Å². The van der Waals surface area contributed by atoms with E-state index in [1.807, 2.05) is 0 Å². The molecule has 0 aliphatic rings. The number of ketones is 1. The van der Waals surface area contributed by atoms with Crippen LogP contribution in [0, 0.1) is 5.92 Å². The summed E-state index contributed by atoms with van der Waals surface area (Å²) in [6.45, 7) is 3.50. The van der Waals surface area contributed by atoms with Gasteiger partial charge in [-0.05, 0) is 12.3 Å². The zero-order chi connectivity index (χ0) is 14.3. The Labute approximate surface area is 104 Å². The van der Waals surface area contributed by atoms with Crippen LogP contribution in [0.2, 0.25) is 0 Å². The number of carboxylic acid groups (broad SMARTS) is 1. The molecular formula is C11H17NO6. The van der Waals surface area contributed by atoms with Gasteiger partial charge in [0.1, 0.15) is 6.04 Å². The van der Waals surface area contributed by atoms with Crippen LogP contribution in [-0.4, -0.2) is 34.8 Å². The molecule has 18 heavy (non-hydrogen) atoms. The van der Waals surface area contributed by atoms with Gasteiger partial charge in [-0.2, -0.15) is 0 Å². The second-order valence-electron chi connectivity index (χ2n) is 4.27. The minimum absolute atomic E-state index is 0.000747. The summed E-state index contributed by atoms with van der Waals surface area (Å²) in [5, 5.41) is 8.47. The minimum Gasteiger partial charge on any atom is -0.480 e. The van der Waals surface area contributed by atoms with Crippen molar-refractivity contribution in [3.8, 4) is 0 Å². The highest BCUT2D eigenvalue weighted by atomic mass is 16.6. The van der Waals surface area contributed by atoms with Gasteiger partial charge in [-0.15, -0.1) is 0 Å². The summed E-state index contributed by atoms with van der Waals surface area (Å²) in [6.07, 6.45) is -0.477. The lowest BCUT2D eigenvalue weighted by atomic mass is 10.1. The Hall–Kier alpha value is -1.76. The Bertz CT molecular complexity index is 349. The summed E-state index contributed by atoms with van der Waals surface area (Å²) in [6, 6.07) is -1.20. The highest BCUT2D eigenvalue weighted by Gasteiger charge is 2.21. The number of esters is 2. The summed E-state index contributed by atoms with van der Waals surface area (Å²) < 4.78 is 4.27. The van der Waals surface area contributed by atoms with E-state index in [1.54, 1.807) is 13.8 Å². The van der Waals surface area contributed by atoms with Crippen molar-refractivity contribution in [1.82, 2.24) is 0 Å². The molecule has 0 rings (SSSR count). The summed E-state index contributed by atoms with van der Waals surface area (Å²) in [7, 11) is 0. The predicted molar refractivity (Wildman–Crippen MR) is 60.4 cm³/mol. The molecule has 0 spiro atoms. The molecule has 0 aliphatic heterocycles. The smallest absolute Gasteiger partial charge is 0.382 e. The fraction of sp³-hybridized carbons (Fsp3) is 0.636. The van der Waals surface area contributed by atoms with Crippen LogP contribution in [-0.2, 0) is 23.9 Å². The lowest BCUT2D eigenvalue weighted by Gasteiger charge is -2.06. The number of hydrogen-bond donors (Lipinski definition) is 2. The van der Waals surface area contributed by atoms with Crippen LogP contribution in [0.1, 0.15) is 33.1 Å². The standard InChI is InChI=1S/C11H17NO6/c1-6(2)5-8(13)11(17)18-9(14)4-3-7(12)10(15)16/h6-7H,3-5,12H2,1-2H3,(H,15,16)/t7-/m0/s1. The molecule has 0 amide bonds. The lowest BCUT2D eigenvalue weighted by Crippen LogP contribution is -2.31. The van der Waals surface area contributed by atoms with E-state index in [0.717, 1.165) is 0 Å². The number of hydrogen-bond acceptors (Lipinski definition) is 6. The number of nitrogens with two attached hydrogens (primary N) is 1. The Kier molecular flexibility index (Phi) is 6.81. The maximum atomic E-state index is 11.2. The first-order valence-corrected chi connectivity index (χ1v) is 5.50. The zero-order valence-electron chi connectivity index (χ0n) is 10.3. The monoisotopic (exact) mass is 259 g/mol. The minimum atomic E-state index is -1.25. The van der Waals surface area contributed by atoms with E-state index < -0.39 is 29.7 Å². The average molecular weight is 259 g/mol. The van der Waals surface area contributed by atoms with Crippen molar-refractivity contribution in [2.45, 2.75) is 39.2 Å². The summed E-state index contributed by atoms with van der Waals surface area (Å²) in [4.78, 5) is 43.8. The van der Waals surface area contributed by atoms with Crippen molar-refractivity contribution in [2.24, 2.45) is 11.7 Å². The molecule has 0 heterocycles. The lowest BCUT2D eigenvalue weighted by molar-refractivity contribution is -0.164. The highest BCUT2D eigenvalue weighted by molar-refractivity contribution is 6.35. The van der Waals surface area contributed by atoms with Gasteiger partial charge in [-0.25, -0.2) is 4.79 Å². The Morgan fingerprint density at radius 2 is 1.78 bits per heavy atom. The fourth-order valence-corrected chi connectivity index (χ4v) is 1.06. The Morgan fingerprint density at radius 3 is 2.22 bits per heavy atom. The Morgan fingerprint density at radius 1 is 1.22 bits per heavy atom. The van der Waals surface area contributed by atoms with Gasteiger partial charge in [-0.1, -0.05) is 13.8 Å². The van der Waals surface area contributed by atoms with E-state index in [0.29, 0.717) is 0 Å². The first-order chi connectivity index (χ1) is 8.23. The summed E-state index contributed by atoms with van der Waals surface area (Å²) >= 11 is 0. The van der Waals surface area contributed by atoms with E-state index in [-0.39, 0.29) is 25.2 Å².